The van der Waals surface area contributed by atoms with Gasteiger partial charge in [0.25, 0.3) is 0 Å². The first kappa shape index (κ1) is 14.7. The molecule has 1 heterocycles. The summed E-state index contributed by atoms with van der Waals surface area (Å²) in [5.74, 6) is -0.577. The predicted octanol–water partition coefficient (Wildman–Crippen LogP) is 2.13. The molecule has 0 aliphatic rings. The van der Waals surface area contributed by atoms with Crippen molar-refractivity contribution < 1.29 is 18.0 Å². The maximum atomic E-state index is 11.8. The number of anilines is 1. The Labute approximate surface area is 107 Å². The lowest BCUT2D eigenvalue weighted by atomic mass is 10.2. The molecule has 1 amide bonds. The topological polar surface area (TPSA) is 54.0 Å². The van der Waals surface area contributed by atoms with Gasteiger partial charge in [0, 0.05) is 0 Å². The van der Waals surface area contributed by atoms with E-state index in [0.29, 0.717) is 11.3 Å². The van der Waals surface area contributed by atoms with Crippen LogP contribution in [-0.2, 0) is 4.79 Å². The molecule has 0 aliphatic carbocycles. The Bertz CT molecular complexity index is 437. The molecular weight excluding hydrogens is 271 g/mol. The van der Waals surface area contributed by atoms with Crippen molar-refractivity contribution in [1.82, 2.24) is 10.3 Å². The lowest BCUT2D eigenvalue weighted by Crippen LogP contribution is -2.35. The van der Waals surface area contributed by atoms with Crippen molar-refractivity contribution in [3.8, 4) is 0 Å². The van der Waals surface area contributed by atoms with Crippen molar-refractivity contribution in [2.75, 3.05) is 18.4 Å². The van der Waals surface area contributed by atoms with E-state index in [1.807, 2.05) is 5.32 Å². The fourth-order valence-corrected chi connectivity index (χ4v) is 1.38. The molecule has 0 saturated carbocycles. The number of nitrogens with one attached hydrogen (secondary N) is 2. The minimum Gasteiger partial charge on any atom is -0.323 e. The smallest absolute Gasteiger partial charge is 0.323 e. The van der Waals surface area contributed by atoms with Crippen LogP contribution in [0, 0.1) is 6.92 Å². The maximum absolute atomic E-state index is 11.8. The van der Waals surface area contributed by atoms with Gasteiger partial charge >= 0.3 is 6.18 Å². The maximum Gasteiger partial charge on any atom is 0.401 e. The lowest BCUT2D eigenvalue weighted by Gasteiger charge is -2.10. The van der Waals surface area contributed by atoms with Crippen LogP contribution in [-0.4, -0.2) is 30.2 Å². The molecule has 18 heavy (non-hydrogen) atoms. The lowest BCUT2D eigenvalue weighted by molar-refractivity contribution is -0.126. The summed E-state index contributed by atoms with van der Waals surface area (Å²) in [4.78, 5) is 15.1. The summed E-state index contributed by atoms with van der Waals surface area (Å²) in [6.07, 6.45) is -2.99. The average Bonchev–Trinajstić information content (AvgIpc) is 2.20. The molecule has 0 atom stereocenters. The van der Waals surface area contributed by atoms with E-state index in [2.05, 4.69) is 10.3 Å². The Morgan fingerprint density at radius 3 is 2.72 bits per heavy atom. The number of halogens is 4. The van der Waals surface area contributed by atoms with Crippen molar-refractivity contribution in [1.29, 1.82) is 0 Å². The molecule has 0 unspecified atom stereocenters. The van der Waals surface area contributed by atoms with E-state index < -0.39 is 25.2 Å². The number of alkyl halides is 3. The van der Waals surface area contributed by atoms with Crippen LogP contribution >= 0.6 is 11.6 Å². The van der Waals surface area contributed by atoms with Crippen molar-refractivity contribution >= 4 is 23.2 Å². The third-order valence-corrected chi connectivity index (χ3v) is 2.17. The van der Waals surface area contributed by atoms with Gasteiger partial charge in [-0.25, -0.2) is 4.98 Å². The molecule has 0 saturated heterocycles. The normalized spacial score (nSPS) is 11.4. The van der Waals surface area contributed by atoms with Crippen LogP contribution in [0.2, 0.25) is 5.15 Å². The molecule has 8 heteroatoms. The van der Waals surface area contributed by atoms with Crippen LogP contribution in [0.4, 0.5) is 18.9 Å². The second-order valence-corrected chi connectivity index (χ2v) is 3.98. The van der Waals surface area contributed by atoms with Gasteiger partial charge in [-0.15, -0.1) is 0 Å². The van der Waals surface area contributed by atoms with E-state index in [9.17, 15) is 18.0 Å². The second kappa shape index (κ2) is 6.01. The molecule has 0 bridgehead atoms. The molecule has 2 N–H and O–H groups in total. The third-order valence-electron chi connectivity index (χ3n) is 1.96. The van der Waals surface area contributed by atoms with Crippen molar-refractivity contribution in [2.24, 2.45) is 0 Å². The van der Waals surface area contributed by atoms with Crippen LogP contribution in [0.1, 0.15) is 5.56 Å². The fraction of sp³-hybridized carbons (Fsp3) is 0.400. The summed E-state index contributed by atoms with van der Waals surface area (Å²) >= 11 is 5.63. The van der Waals surface area contributed by atoms with Gasteiger partial charge < -0.3 is 10.6 Å². The standard InChI is InChI=1S/C10H11ClF3N3O/c1-6-2-8(11)16-3-7(6)17-9(18)4-15-5-10(12,13)14/h2-3,15H,4-5H2,1H3,(H,17,18). The molecule has 0 aromatic carbocycles. The number of pyridine rings is 1. The van der Waals surface area contributed by atoms with E-state index in [1.165, 1.54) is 6.20 Å². The van der Waals surface area contributed by atoms with Gasteiger partial charge in [0.1, 0.15) is 5.15 Å². The van der Waals surface area contributed by atoms with Crippen LogP contribution in [0.15, 0.2) is 12.3 Å². The Morgan fingerprint density at radius 1 is 1.50 bits per heavy atom. The van der Waals surface area contributed by atoms with E-state index in [-0.39, 0.29) is 5.15 Å². The predicted molar refractivity (Wildman–Crippen MR) is 61.5 cm³/mol. The first-order chi connectivity index (χ1) is 8.28. The van der Waals surface area contributed by atoms with E-state index in [0.717, 1.165) is 0 Å². The molecule has 1 rings (SSSR count). The molecule has 1 aromatic rings. The number of amides is 1. The minimum atomic E-state index is -4.34. The quantitative estimate of drug-likeness (QED) is 0.832. The number of aryl methyl sites for hydroxylation is 1. The Kier molecular flexibility index (Phi) is 4.92. The Balaban J connectivity index is 2.45. The third kappa shape index (κ3) is 5.33. The highest BCUT2D eigenvalue weighted by Crippen LogP contribution is 2.16. The number of hydrogen-bond acceptors (Lipinski definition) is 3. The molecule has 4 nitrogen and oxygen atoms in total. The Hall–Kier alpha value is -1.34. The van der Waals surface area contributed by atoms with Crippen LogP contribution < -0.4 is 10.6 Å². The van der Waals surface area contributed by atoms with Gasteiger partial charge in [-0.3, -0.25) is 4.79 Å². The van der Waals surface area contributed by atoms with Crippen molar-refractivity contribution in [2.45, 2.75) is 13.1 Å². The zero-order valence-electron chi connectivity index (χ0n) is 9.44. The Morgan fingerprint density at radius 2 is 2.17 bits per heavy atom. The number of nitrogens with zero attached hydrogens (tertiary/aromatic N) is 1. The molecule has 1 aromatic heterocycles. The van der Waals surface area contributed by atoms with Gasteiger partial charge in [0.2, 0.25) is 5.91 Å². The van der Waals surface area contributed by atoms with Crippen molar-refractivity contribution in [3.05, 3.63) is 23.0 Å². The minimum absolute atomic E-state index is 0.278. The molecule has 0 radical (unpaired) electrons. The SMILES string of the molecule is Cc1cc(Cl)ncc1NC(=O)CNCC(F)(F)F. The summed E-state index contributed by atoms with van der Waals surface area (Å²) in [5.41, 5.74) is 1.09. The summed E-state index contributed by atoms with van der Waals surface area (Å²) < 4.78 is 35.5. The summed E-state index contributed by atoms with van der Waals surface area (Å²) in [6.45, 7) is 0.0617. The number of carbonyl (C=O) groups excluding carboxylic acids is 1. The monoisotopic (exact) mass is 281 g/mol. The second-order valence-electron chi connectivity index (χ2n) is 3.59. The van der Waals surface area contributed by atoms with E-state index in [1.54, 1.807) is 13.0 Å². The zero-order chi connectivity index (χ0) is 13.8. The number of hydrogen-bond donors (Lipinski definition) is 2. The summed E-state index contributed by atoms with van der Waals surface area (Å²) in [6, 6.07) is 1.54. The zero-order valence-corrected chi connectivity index (χ0v) is 10.2. The van der Waals surface area contributed by atoms with Gasteiger partial charge in [-0.2, -0.15) is 13.2 Å². The summed E-state index contributed by atoms with van der Waals surface area (Å²) in [5, 5.41) is 4.70. The van der Waals surface area contributed by atoms with Gasteiger partial charge in [-0.05, 0) is 18.6 Å². The number of rotatable bonds is 4. The van der Waals surface area contributed by atoms with Crippen LogP contribution in [0.3, 0.4) is 0 Å². The first-order valence-corrected chi connectivity index (χ1v) is 5.35. The van der Waals surface area contributed by atoms with Crippen LogP contribution in [0.5, 0.6) is 0 Å². The molecule has 0 aliphatic heterocycles. The summed E-state index contributed by atoms with van der Waals surface area (Å²) in [7, 11) is 0. The first-order valence-electron chi connectivity index (χ1n) is 4.97. The highest BCUT2D eigenvalue weighted by molar-refractivity contribution is 6.29. The van der Waals surface area contributed by atoms with E-state index in [4.69, 9.17) is 11.6 Å². The van der Waals surface area contributed by atoms with Crippen LogP contribution in [0.25, 0.3) is 0 Å². The van der Waals surface area contributed by atoms with Gasteiger partial charge in [-0.1, -0.05) is 11.6 Å². The molecule has 100 valence electrons. The average molecular weight is 282 g/mol. The highest BCUT2D eigenvalue weighted by Gasteiger charge is 2.26. The largest absolute Gasteiger partial charge is 0.401 e. The molecule has 0 fully saturated rings. The highest BCUT2D eigenvalue weighted by atomic mass is 35.5. The number of aromatic nitrogens is 1. The molecular formula is C10H11ClF3N3O. The number of carbonyl (C=O) groups is 1. The van der Waals surface area contributed by atoms with Gasteiger partial charge in [0.15, 0.2) is 0 Å². The van der Waals surface area contributed by atoms with E-state index >= 15 is 0 Å². The molecule has 0 spiro atoms. The fourth-order valence-electron chi connectivity index (χ4n) is 1.16. The van der Waals surface area contributed by atoms with Crippen molar-refractivity contribution in [3.63, 3.8) is 0 Å². The van der Waals surface area contributed by atoms with Gasteiger partial charge in [0.05, 0.1) is 25.0 Å².